The molecular weight excluding hydrogens is 266 g/mol. The van der Waals surface area contributed by atoms with Crippen LogP contribution in [-0.4, -0.2) is 17.0 Å². The molecule has 0 bridgehead atoms. The number of amidine groups is 1. The molecule has 2 aromatic rings. The monoisotopic (exact) mass is 283 g/mol. The average Bonchev–Trinajstić information content (AvgIpc) is 2.50. The Balaban J connectivity index is 2.12. The predicted octanol–water partition coefficient (Wildman–Crippen LogP) is 2.35. The number of nitrogens with zero attached hydrogens (tertiary/aromatic N) is 1. The van der Waals surface area contributed by atoms with Crippen LogP contribution < -0.4 is 11.1 Å². The summed E-state index contributed by atoms with van der Waals surface area (Å²) in [6, 6.07) is 17.6. The number of rotatable bonds is 5. The summed E-state index contributed by atoms with van der Waals surface area (Å²) in [6.45, 7) is 0. The van der Waals surface area contributed by atoms with Crippen molar-refractivity contribution in [2.24, 2.45) is 10.9 Å². The fourth-order valence-electron chi connectivity index (χ4n) is 2.01. The van der Waals surface area contributed by atoms with Crippen LogP contribution in [0.3, 0.4) is 0 Å². The van der Waals surface area contributed by atoms with E-state index < -0.39 is 0 Å². The molecule has 0 heterocycles. The van der Waals surface area contributed by atoms with Gasteiger partial charge in [0.25, 0.3) is 0 Å². The minimum atomic E-state index is -0.314. The molecule has 0 fully saturated rings. The maximum atomic E-state index is 11.8. The van der Waals surface area contributed by atoms with Gasteiger partial charge in [-0.15, -0.1) is 0 Å². The van der Waals surface area contributed by atoms with Gasteiger partial charge in [-0.3, -0.25) is 4.79 Å². The zero-order chi connectivity index (χ0) is 15.1. The fourth-order valence-corrected chi connectivity index (χ4v) is 2.01. The van der Waals surface area contributed by atoms with Crippen molar-refractivity contribution in [3.05, 3.63) is 65.7 Å². The third-order valence-electron chi connectivity index (χ3n) is 3.00. The van der Waals surface area contributed by atoms with Crippen molar-refractivity contribution in [1.82, 2.24) is 0 Å². The van der Waals surface area contributed by atoms with Crippen LogP contribution in [0, 0.1) is 0 Å². The van der Waals surface area contributed by atoms with Crippen molar-refractivity contribution >= 4 is 17.4 Å². The van der Waals surface area contributed by atoms with Gasteiger partial charge in [0, 0.05) is 5.69 Å². The predicted molar refractivity (Wildman–Crippen MR) is 82.3 cm³/mol. The molecule has 108 valence electrons. The highest BCUT2D eigenvalue weighted by Crippen LogP contribution is 2.19. The second kappa shape index (κ2) is 7.09. The summed E-state index contributed by atoms with van der Waals surface area (Å²) in [5.74, 6) is -0.432. The highest BCUT2D eigenvalue weighted by Gasteiger charge is 2.09. The van der Waals surface area contributed by atoms with Gasteiger partial charge in [0.15, 0.2) is 0 Å². The molecule has 0 saturated heterocycles. The van der Waals surface area contributed by atoms with Gasteiger partial charge in [0.1, 0.15) is 5.84 Å². The molecule has 0 atom stereocenters. The van der Waals surface area contributed by atoms with Crippen molar-refractivity contribution < 1.29 is 10.0 Å². The average molecular weight is 283 g/mol. The summed E-state index contributed by atoms with van der Waals surface area (Å²) in [7, 11) is 0. The van der Waals surface area contributed by atoms with Crippen molar-refractivity contribution in [3.8, 4) is 0 Å². The standard InChI is InChI=1S/C16H17N3O2/c17-15(19-21)11-16(20)18-14-9-5-4-8-13(14)10-12-6-2-1-3-7-12/h1-9,21H,10-11H2,(H2,17,19)(H,18,20). The molecule has 0 spiro atoms. The van der Waals surface area contributed by atoms with Crippen LogP contribution in [0.2, 0.25) is 0 Å². The third-order valence-corrected chi connectivity index (χ3v) is 3.00. The lowest BCUT2D eigenvalue weighted by Gasteiger charge is -2.11. The van der Waals surface area contributed by atoms with Crippen molar-refractivity contribution in [2.45, 2.75) is 12.8 Å². The number of carbonyl (C=O) groups is 1. The van der Waals surface area contributed by atoms with Gasteiger partial charge >= 0.3 is 0 Å². The molecule has 0 radical (unpaired) electrons. The first-order valence-corrected chi connectivity index (χ1v) is 6.57. The third kappa shape index (κ3) is 4.35. The van der Waals surface area contributed by atoms with Crippen molar-refractivity contribution in [1.29, 1.82) is 0 Å². The van der Waals surface area contributed by atoms with Crippen LogP contribution in [0.4, 0.5) is 5.69 Å². The van der Waals surface area contributed by atoms with Gasteiger partial charge in [0.2, 0.25) is 5.91 Å². The van der Waals surface area contributed by atoms with Crippen LogP contribution in [0.15, 0.2) is 59.8 Å². The lowest BCUT2D eigenvalue weighted by atomic mass is 10.0. The number of para-hydroxylation sites is 1. The van der Waals surface area contributed by atoms with Crippen LogP contribution >= 0.6 is 0 Å². The van der Waals surface area contributed by atoms with Crippen molar-refractivity contribution in [3.63, 3.8) is 0 Å². The molecule has 5 nitrogen and oxygen atoms in total. The number of oxime groups is 1. The minimum absolute atomic E-state index is 0.118. The number of nitrogens with one attached hydrogen (secondary N) is 1. The maximum absolute atomic E-state index is 11.8. The molecule has 0 aliphatic rings. The zero-order valence-electron chi connectivity index (χ0n) is 11.5. The first kappa shape index (κ1) is 14.6. The van der Waals surface area contributed by atoms with E-state index in [0.717, 1.165) is 23.2 Å². The summed E-state index contributed by atoms with van der Waals surface area (Å²) in [6.07, 6.45) is 0.580. The highest BCUT2D eigenvalue weighted by atomic mass is 16.4. The SMILES string of the molecule is N/C(CC(=O)Nc1ccccc1Cc1ccccc1)=N\O. The molecular formula is C16H17N3O2. The Morgan fingerprint density at radius 1 is 1.10 bits per heavy atom. The van der Waals surface area contributed by atoms with E-state index in [0.29, 0.717) is 0 Å². The molecule has 0 aromatic heterocycles. The smallest absolute Gasteiger partial charge is 0.232 e. The van der Waals surface area contributed by atoms with Gasteiger partial charge < -0.3 is 16.3 Å². The van der Waals surface area contributed by atoms with E-state index in [2.05, 4.69) is 10.5 Å². The second-order valence-corrected chi connectivity index (χ2v) is 4.64. The molecule has 4 N–H and O–H groups in total. The van der Waals surface area contributed by atoms with E-state index in [1.807, 2.05) is 54.6 Å². The number of nitrogens with two attached hydrogens (primary N) is 1. The molecule has 2 rings (SSSR count). The fraction of sp³-hybridized carbons (Fsp3) is 0.125. The van der Waals surface area contributed by atoms with E-state index in [-0.39, 0.29) is 18.2 Å². The summed E-state index contributed by atoms with van der Waals surface area (Å²) in [4.78, 5) is 11.8. The van der Waals surface area contributed by atoms with Gasteiger partial charge in [0.05, 0.1) is 6.42 Å². The summed E-state index contributed by atoms with van der Waals surface area (Å²) < 4.78 is 0. The Labute approximate surface area is 123 Å². The normalized spacial score (nSPS) is 11.1. The number of amides is 1. The lowest BCUT2D eigenvalue weighted by molar-refractivity contribution is -0.115. The molecule has 0 unspecified atom stereocenters. The molecule has 21 heavy (non-hydrogen) atoms. The van der Waals surface area contributed by atoms with Crippen LogP contribution in [0.5, 0.6) is 0 Å². The quantitative estimate of drug-likeness (QED) is 0.340. The number of carbonyl (C=O) groups excluding carboxylic acids is 1. The lowest BCUT2D eigenvalue weighted by Crippen LogP contribution is -2.22. The largest absolute Gasteiger partial charge is 0.409 e. The van der Waals surface area contributed by atoms with Gasteiger partial charge in [-0.25, -0.2) is 0 Å². The van der Waals surface area contributed by atoms with Gasteiger partial charge in [-0.2, -0.15) is 0 Å². The molecule has 0 aliphatic heterocycles. The van der Waals surface area contributed by atoms with Crippen LogP contribution in [-0.2, 0) is 11.2 Å². The molecule has 1 amide bonds. The number of hydrogen-bond acceptors (Lipinski definition) is 3. The van der Waals surface area contributed by atoms with Gasteiger partial charge in [-0.05, 0) is 23.6 Å². The Morgan fingerprint density at radius 2 is 1.76 bits per heavy atom. The topological polar surface area (TPSA) is 87.7 Å². The first-order chi connectivity index (χ1) is 10.2. The number of benzene rings is 2. The Hall–Kier alpha value is -2.82. The molecule has 0 saturated carbocycles. The van der Waals surface area contributed by atoms with Crippen LogP contribution in [0.1, 0.15) is 17.5 Å². The molecule has 5 heteroatoms. The maximum Gasteiger partial charge on any atom is 0.232 e. The Kier molecular flexibility index (Phi) is 4.93. The zero-order valence-corrected chi connectivity index (χ0v) is 11.5. The highest BCUT2D eigenvalue weighted by molar-refractivity contribution is 6.05. The number of anilines is 1. The summed E-state index contributed by atoms with van der Waals surface area (Å²) >= 11 is 0. The Morgan fingerprint density at radius 3 is 2.48 bits per heavy atom. The summed E-state index contributed by atoms with van der Waals surface area (Å²) in [5.41, 5.74) is 8.24. The second-order valence-electron chi connectivity index (χ2n) is 4.64. The van der Waals surface area contributed by atoms with E-state index in [1.165, 1.54) is 0 Å². The Bertz CT molecular complexity index is 639. The molecule has 2 aromatic carbocycles. The summed E-state index contributed by atoms with van der Waals surface area (Å²) in [5, 5.41) is 14.1. The molecule has 0 aliphatic carbocycles. The van der Waals surface area contributed by atoms with E-state index in [1.54, 1.807) is 0 Å². The first-order valence-electron chi connectivity index (χ1n) is 6.57. The van der Waals surface area contributed by atoms with E-state index in [9.17, 15) is 4.79 Å². The van der Waals surface area contributed by atoms with E-state index in [4.69, 9.17) is 10.9 Å². The van der Waals surface area contributed by atoms with E-state index >= 15 is 0 Å². The van der Waals surface area contributed by atoms with Gasteiger partial charge in [-0.1, -0.05) is 53.7 Å². The van der Waals surface area contributed by atoms with Crippen LogP contribution in [0.25, 0.3) is 0 Å². The number of hydrogen-bond donors (Lipinski definition) is 3. The minimum Gasteiger partial charge on any atom is -0.409 e. The van der Waals surface area contributed by atoms with Crippen molar-refractivity contribution in [2.75, 3.05) is 5.32 Å².